The van der Waals surface area contributed by atoms with Gasteiger partial charge in [-0.3, -0.25) is 0 Å². The molecule has 0 aliphatic heterocycles. The average Bonchev–Trinajstić information content (AvgIpc) is 2.60. The summed E-state index contributed by atoms with van der Waals surface area (Å²) in [5.41, 5.74) is 0. The van der Waals surface area contributed by atoms with Crippen molar-refractivity contribution in [1.82, 2.24) is 5.32 Å². The number of hydrogen-bond acceptors (Lipinski definition) is 2. The lowest BCUT2D eigenvalue weighted by Crippen LogP contribution is -2.14. The third-order valence-electron chi connectivity index (χ3n) is 2.55. The first-order chi connectivity index (χ1) is 6.77. The summed E-state index contributed by atoms with van der Waals surface area (Å²) in [6.07, 6.45) is 5.26. The first-order valence-corrected chi connectivity index (χ1v) is 6.33. The van der Waals surface area contributed by atoms with Gasteiger partial charge in [0.15, 0.2) is 0 Å². The van der Waals surface area contributed by atoms with E-state index in [1.54, 1.807) is 0 Å². The van der Waals surface area contributed by atoms with Crippen LogP contribution in [0, 0.1) is 6.92 Å². The standard InChI is InChI=1S/C12H21NS/c1-4-5-6-7-11(13-3)12-9-8-10(2)14-12/h8-9,11,13H,4-7H2,1-3H3. The van der Waals surface area contributed by atoms with Crippen LogP contribution in [0.4, 0.5) is 0 Å². The van der Waals surface area contributed by atoms with Crippen molar-refractivity contribution in [2.45, 2.75) is 45.6 Å². The van der Waals surface area contributed by atoms with Crippen molar-refractivity contribution in [3.63, 3.8) is 0 Å². The molecule has 1 N–H and O–H groups in total. The van der Waals surface area contributed by atoms with Crippen LogP contribution in [-0.2, 0) is 0 Å². The van der Waals surface area contributed by atoms with Crippen LogP contribution in [0.5, 0.6) is 0 Å². The van der Waals surface area contributed by atoms with Gasteiger partial charge < -0.3 is 5.32 Å². The minimum atomic E-state index is 0.570. The summed E-state index contributed by atoms with van der Waals surface area (Å²) in [5, 5.41) is 3.40. The average molecular weight is 211 g/mol. The molecule has 0 spiro atoms. The van der Waals surface area contributed by atoms with Crippen molar-refractivity contribution in [3.8, 4) is 0 Å². The molecule has 0 saturated heterocycles. The van der Waals surface area contributed by atoms with Crippen LogP contribution in [0.3, 0.4) is 0 Å². The second kappa shape index (κ2) is 6.20. The van der Waals surface area contributed by atoms with Crippen LogP contribution >= 0.6 is 11.3 Å². The molecule has 14 heavy (non-hydrogen) atoms. The molecule has 1 heterocycles. The van der Waals surface area contributed by atoms with Crippen LogP contribution in [-0.4, -0.2) is 7.05 Å². The van der Waals surface area contributed by atoms with Crippen LogP contribution in [0.1, 0.15) is 48.4 Å². The molecule has 1 aromatic rings. The Morgan fingerprint density at radius 1 is 1.36 bits per heavy atom. The van der Waals surface area contributed by atoms with Gasteiger partial charge in [-0.15, -0.1) is 11.3 Å². The van der Waals surface area contributed by atoms with Crippen LogP contribution in [0.25, 0.3) is 0 Å². The maximum Gasteiger partial charge on any atom is 0.0412 e. The number of aryl methyl sites for hydroxylation is 1. The number of rotatable bonds is 6. The molecule has 0 bridgehead atoms. The van der Waals surface area contributed by atoms with E-state index in [9.17, 15) is 0 Å². The van der Waals surface area contributed by atoms with Gasteiger partial charge in [-0.1, -0.05) is 26.2 Å². The fraction of sp³-hybridized carbons (Fsp3) is 0.667. The van der Waals surface area contributed by atoms with Crippen LogP contribution < -0.4 is 5.32 Å². The Kier molecular flexibility index (Phi) is 5.20. The zero-order valence-corrected chi connectivity index (χ0v) is 10.3. The molecule has 1 atom stereocenters. The summed E-state index contributed by atoms with van der Waals surface area (Å²) in [7, 11) is 2.06. The minimum Gasteiger partial charge on any atom is -0.312 e. The lowest BCUT2D eigenvalue weighted by atomic mass is 10.1. The molecular formula is C12H21NS. The van der Waals surface area contributed by atoms with Gasteiger partial charge in [0.2, 0.25) is 0 Å². The molecule has 0 aliphatic carbocycles. The van der Waals surface area contributed by atoms with Crippen molar-refractivity contribution in [2.24, 2.45) is 0 Å². The SMILES string of the molecule is CCCCCC(NC)c1ccc(C)s1. The molecule has 0 saturated carbocycles. The summed E-state index contributed by atoms with van der Waals surface area (Å²) < 4.78 is 0. The van der Waals surface area contributed by atoms with Crippen LogP contribution in [0.2, 0.25) is 0 Å². The van der Waals surface area contributed by atoms with Gasteiger partial charge in [0.05, 0.1) is 0 Å². The highest BCUT2D eigenvalue weighted by atomic mass is 32.1. The van der Waals surface area contributed by atoms with Gasteiger partial charge in [-0.25, -0.2) is 0 Å². The Morgan fingerprint density at radius 3 is 2.64 bits per heavy atom. The minimum absolute atomic E-state index is 0.570. The van der Waals surface area contributed by atoms with Gasteiger partial charge in [0.25, 0.3) is 0 Å². The molecule has 1 aromatic heterocycles. The number of hydrogen-bond donors (Lipinski definition) is 1. The summed E-state index contributed by atoms with van der Waals surface area (Å²) in [5.74, 6) is 0. The van der Waals surface area contributed by atoms with E-state index in [4.69, 9.17) is 0 Å². The fourth-order valence-electron chi connectivity index (χ4n) is 1.67. The molecule has 0 aromatic carbocycles. The van der Waals surface area contributed by atoms with Gasteiger partial charge in [0, 0.05) is 15.8 Å². The maximum absolute atomic E-state index is 3.40. The monoisotopic (exact) mass is 211 g/mol. The van der Waals surface area contributed by atoms with Crippen molar-refractivity contribution < 1.29 is 0 Å². The topological polar surface area (TPSA) is 12.0 Å². The predicted octanol–water partition coefficient (Wildman–Crippen LogP) is 3.90. The molecule has 1 rings (SSSR count). The zero-order chi connectivity index (χ0) is 10.4. The molecule has 2 heteroatoms. The van der Waals surface area contributed by atoms with E-state index in [0.717, 1.165) is 0 Å². The quantitative estimate of drug-likeness (QED) is 0.704. The Morgan fingerprint density at radius 2 is 2.14 bits per heavy atom. The van der Waals surface area contributed by atoms with E-state index >= 15 is 0 Å². The Labute approximate surface area is 91.5 Å². The highest BCUT2D eigenvalue weighted by molar-refractivity contribution is 7.12. The maximum atomic E-state index is 3.40. The predicted molar refractivity (Wildman–Crippen MR) is 65.0 cm³/mol. The normalized spacial score (nSPS) is 13.1. The molecular weight excluding hydrogens is 190 g/mol. The molecule has 0 radical (unpaired) electrons. The van der Waals surface area contributed by atoms with Crippen molar-refractivity contribution in [3.05, 3.63) is 21.9 Å². The van der Waals surface area contributed by atoms with Crippen LogP contribution in [0.15, 0.2) is 12.1 Å². The lowest BCUT2D eigenvalue weighted by molar-refractivity contribution is 0.518. The van der Waals surface area contributed by atoms with E-state index in [1.807, 2.05) is 11.3 Å². The summed E-state index contributed by atoms with van der Waals surface area (Å²) >= 11 is 1.92. The van der Waals surface area contributed by atoms with Crippen molar-refractivity contribution in [2.75, 3.05) is 7.05 Å². The first-order valence-electron chi connectivity index (χ1n) is 5.51. The molecule has 0 fully saturated rings. The second-order valence-electron chi connectivity index (χ2n) is 3.79. The molecule has 0 aliphatic rings. The fourth-order valence-corrected chi connectivity index (χ4v) is 2.69. The van der Waals surface area contributed by atoms with Crippen molar-refractivity contribution in [1.29, 1.82) is 0 Å². The lowest BCUT2D eigenvalue weighted by Gasteiger charge is -2.13. The largest absolute Gasteiger partial charge is 0.312 e. The van der Waals surface area contributed by atoms with E-state index in [0.29, 0.717) is 6.04 Å². The molecule has 0 amide bonds. The van der Waals surface area contributed by atoms with Gasteiger partial charge in [-0.05, 0) is 32.5 Å². The number of unbranched alkanes of at least 4 members (excludes halogenated alkanes) is 2. The molecule has 1 unspecified atom stereocenters. The third kappa shape index (κ3) is 3.43. The number of thiophene rings is 1. The van der Waals surface area contributed by atoms with Gasteiger partial charge in [-0.2, -0.15) is 0 Å². The van der Waals surface area contributed by atoms with Crippen molar-refractivity contribution >= 4 is 11.3 Å². The van der Waals surface area contributed by atoms with E-state index in [2.05, 4.69) is 38.3 Å². The van der Waals surface area contributed by atoms with E-state index < -0.39 is 0 Å². The smallest absolute Gasteiger partial charge is 0.0412 e. The van der Waals surface area contributed by atoms with Gasteiger partial charge >= 0.3 is 0 Å². The summed E-state index contributed by atoms with van der Waals surface area (Å²) in [6, 6.07) is 5.04. The highest BCUT2D eigenvalue weighted by Gasteiger charge is 2.09. The van der Waals surface area contributed by atoms with E-state index in [1.165, 1.54) is 35.4 Å². The Balaban J connectivity index is 2.45. The molecule has 80 valence electrons. The van der Waals surface area contributed by atoms with Gasteiger partial charge in [0.1, 0.15) is 0 Å². The highest BCUT2D eigenvalue weighted by Crippen LogP contribution is 2.26. The van der Waals surface area contributed by atoms with E-state index in [-0.39, 0.29) is 0 Å². The second-order valence-corrected chi connectivity index (χ2v) is 5.10. The molecule has 1 nitrogen and oxygen atoms in total. The third-order valence-corrected chi connectivity index (χ3v) is 3.66. The summed E-state index contributed by atoms with van der Waals surface area (Å²) in [6.45, 7) is 4.43. The number of nitrogens with one attached hydrogen (secondary N) is 1. The first kappa shape index (κ1) is 11.7. The zero-order valence-electron chi connectivity index (χ0n) is 9.47. The summed E-state index contributed by atoms with van der Waals surface area (Å²) in [4.78, 5) is 2.90. The Bertz CT molecular complexity index is 255. The Hall–Kier alpha value is -0.340.